The lowest BCUT2D eigenvalue weighted by atomic mass is 10.1. The number of ether oxygens (including phenoxy) is 3. The largest absolute Gasteiger partial charge is 0.459 e. The summed E-state index contributed by atoms with van der Waals surface area (Å²) in [5.74, 6) is 0.161. The second-order valence-electron chi connectivity index (χ2n) is 7.56. The minimum atomic E-state index is -0.668. The summed E-state index contributed by atoms with van der Waals surface area (Å²) in [6, 6.07) is 17.9. The Kier molecular flexibility index (Phi) is 5.93. The molecule has 1 aliphatic heterocycles. The van der Waals surface area contributed by atoms with Gasteiger partial charge in [0.25, 0.3) is 0 Å². The highest BCUT2D eigenvalue weighted by atomic mass is 19.1. The third kappa shape index (κ3) is 4.82. The quantitative estimate of drug-likeness (QED) is 0.428. The molecule has 0 amide bonds. The first-order valence-electron chi connectivity index (χ1n) is 10.4. The molecule has 1 saturated heterocycles. The molecule has 0 radical (unpaired) electrons. The van der Waals surface area contributed by atoms with Gasteiger partial charge in [-0.3, -0.25) is 0 Å². The van der Waals surface area contributed by atoms with E-state index in [4.69, 9.17) is 19.2 Å². The van der Waals surface area contributed by atoms with Crippen molar-refractivity contribution in [2.45, 2.75) is 12.9 Å². The molecule has 1 fully saturated rings. The van der Waals surface area contributed by atoms with Crippen LogP contribution in [0.2, 0.25) is 0 Å². The summed E-state index contributed by atoms with van der Waals surface area (Å²) in [4.78, 5) is 16.7. The fourth-order valence-corrected chi connectivity index (χ4v) is 3.41. The monoisotopic (exact) mass is 444 g/mol. The molecule has 2 aromatic carbocycles. The smallest absolute Gasteiger partial charge is 0.317 e. The van der Waals surface area contributed by atoms with Crippen molar-refractivity contribution in [1.82, 2.24) is 19.9 Å². The lowest BCUT2D eigenvalue weighted by Gasteiger charge is -2.22. The SMILES string of the molecule is C=C1COC(c2nc(-c3ccc(F)cc3)c(-c3ccnc(OCc4ccccc4)n3)[nH]2)OC1. The third-order valence-corrected chi connectivity index (χ3v) is 5.04. The zero-order chi connectivity index (χ0) is 22.6. The molecule has 5 rings (SSSR count). The Balaban J connectivity index is 1.48. The minimum Gasteiger partial charge on any atom is -0.459 e. The first kappa shape index (κ1) is 21.0. The van der Waals surface area contributed by atoms with Gasteiger partial charge in [-0.2, -0.15) is 4.98 Å². The Morgan fingerprint density at radius 3 is 2.52 bits per heavy atom. The normalized spacial score (nSPS) is 14.4. The van der Waals surface area contributed by atoms with Crippen molar-refractivity contribution in [1.29, 1.82) is 0 Å². The van der Waals surface area contributed by atoms with Crippen molar-refractivity contribution >= 4 is 0 Å². The molecule has 4 aromatic rings. The van der Waals surface area contributed by atoms with E-state index in [1.54, 1.807) is 24.4 Å². The first-order chi connectivity index (χ1) is 16.2. The second kappa shape index (κ2) is 9.32. The number of aromatic amines is 1. The third-order valence-electron chi connectivity index (χ3n) is 5.04. The van der Waals surface area contributed by atoms with Gasteiger partial charge in [0.15, 0.2) is 5.82 Å². The number of H-pyrrole nitrogens is 1. The highest BCUT2D eigenvalue weighted by Gasteiger charge is 2.25. The van der Waals surface area contributed by atoms with E-state index >= 15 is 0 Å². The zero-order valence-electron chi connectivity index (χ0n) is 17.7. The summed E-state index contributed by atoms with van der Waals surface area (Å²) in [6.07, 6.45) is 0.953. The highest BCUT2D eigenvalue weighted by molar-refractivity contribution is 5.76. The number of nitrogens with one attached hydrogen (secondary N) is 1. The average molecular weight is 444 g/mol. The Morgan fingerprint density at radius 1 is 1.00 bits per heavy atom. The molecule has 8 heteroatoms. The van der Waals surface area contributed by atoms with Crippen molar-refractivity contribution in [3.05, 3.63) is 96.2 Å². The lowest BCUT2D eigenvalue weighted by Crippen LogP contribution is -2.20. The molecular weight excluding hydrogens is 423 g/mol. The predicted octanol–water partition coefficient (Wildman–Crippen LogP) is 4.85. The van der Waals surface area contributed by atoms with Crippen LogP contribution in [0.15, 0.2) is 79.0 Å². The van der Waals surface area contributed by atoms with E-state index < -0.39 is 6.29 Å². The van der Waals surface area contributed by atoms with Gasteiger partial charge in [0, 0.05) is 11.8 Å². The summed E-state index contributed by atoms with van der Waals surface area (Å²) in [6.45, 7) is 4.99. The molecular formula is C25H21FN4O3. The predicted molar refractivity (Wildman–Crippen MR) is 120 cm³/mol. The molecule has 0 atom stereocenters. The molecule has 0 unspecified atom stereocenters. The second-order valence-corrected chi connectivity index (χ2v) is 7.56. The maximum atomic E-state index is 13.5. The van der Waals surface area contributed by atoms with E-state index in [0.29, 0.717) is 42.7 Å². The van der Waals surface area contributed by atoms with E-state index in [-0.39, 0.29) is 11.8 Å². The molecule has 0 saturated carbocycles. The van der Waals surface area contributed by atoms with E-state index in [9.17, 15) is 4.39 Å². The molecule has 0 spiro atoms. The Hall–Kier alpha value is -3.88. The van der Waals surface area contributed by atoms with E-state index in [1.165, 1.54) is 12.1 Å². The van der Waals surface area contributed by atoms with E-state index in [2.05, 4.69) is 21.5 Å². The standard InChI is InChI=1S/C25H21FN4O3/c1-16-13-31-24(32-14-16)23-29-21(18-7-9-19(26)10-8-18)22(30-23)20-11-12-27-25(28-20)33-15-17-5-3-2-4-6-17/h2-12,24H,1,13-15H2,(H,29,30). The summed E-state index contributed by atoms with van der Waals surface area (Å²) < 4.78 is 30.7. The number of nitrogens with zero attached hydrogens (tertiary/aromatic N) is 3. The van der Waals surface area contributed by atoms with Gasteiger partial charge in [-0.25, -0.2) is 14.4 Å². The van der Waals surface area contributed by atoms with Crippen LogP contribution in [-0.4, -0.2) is 33.1 Å². The van der Waals surface area contributed by atoms with Gasteiger partial charge in [-0.15, -0.1) is 0 Å². The Bertz CT molecular complexity index is 1250. The van der Waals surface area contributed by atoms with Crippen molar-refractivity contribution in [2.75, 3.05) is 13.2 Å². The van der Waals surface area contributed by atoms with Crippen LogP contribution in [0.3, 0.4) is 0 Å². The van der Waals surface area contributed by atoms with Gasteiger partial charge in [-0.05, 0) is 41.5 Å². The van der Waals surface area contributed by atoms with Gasteiger partial charge in [-0.1, -0.05) is 36.9 Å². The zero-order valence-corrected chi connectivity index (χ0v) is 17.7. The summed E-state index contributed by atoms with van der Waals surface area (Å²) in [5.41, 5.74) is 4.38. The molecule has 0 bridgehead atoms. The topological polar surface area (TPSA) is 82.2 Å². The van der Waals surface area contributed by atoms with Gasteiger partial charge in [0.1, 0.15) is 12.4 Å². The van der Waals surface area contributed by atoms with E-state index in [1.807, 2.05) is 30.3 Å². The van der Waals surface area contributed by atoms with Crippen LogP contribution in [-0.2, 0) is 16.1 Å². The van der Waals surface area contributed by atoms with Crippen LogP contribution in [0.1, 0.15) is 17.7 Å². The summed E-state index contributed by atoms with van der Waals surface area (Å²) in [5, 5.41) is 0. The van der Waals surface area contributed by atoms with E-state index in [0.717, 1.165) is 16.7 Å². The maximum absolute atomic E-state index is 13.5. The molecule has 166 valence electrons. The van der Waals surface area contributed by atoms with Crippen LogP contribution in [0.25, 0.3) is 22.6 Å². The number of benzene rings is 2. The average Bonchev–Trinajstić information content (AvgIpc) is 3.30. The summed E-state index contributed by atoms with van der Waals surface area (Å²) >= 11 is 0. The first-order valence-corrected chi connectivity index (χ1v) is 10.4. The fourth-order valence-electron chi connectivity index (χ4n) is 3.41. The van der Waals surface area contributed by atoms with Crippen LogP contribution < -0.4 is 4.74 Å². The van der Waals surface area contributed by atoms with Gasteiger partial charge >= 0.3 is 6.01 Å². The van der Waals surface area contributed by atoms with Crippen molar-refractivity contribution in [3.63, 3.8) is 0 Å². The number of imidazole rings is 1. The molecule has 1 aliphatic rings. The van der Waals surface area contributed by atoms with Gasteiger partial charge < -0.3 is 19.2 Å². The molecule has 1 N–H and O–H groups in total. The number of rotatable bonds is 6. The van der Waals surface area contributed by atoms with Crippen LogP contribution in [0.4, 0.5) is 4.39 Å². The van der Waals surface area contributed by atoms with Crippen LogP contribution in [0.5, 0.6) is 6.01 Å². The maximum Gasteiger partial charge on any atom is 0.317 e. The van der Waals surface area contributed by atoms with Crippen molar-refractivity contribution in [2.24, 2.45) is 0 Å². The number of hydrogen-bond acceptors (Lipinski definition) is 6. The molecule has 7 nitrogen and oxygen atoms in total. The van der Waals surface area contributed by atoms with Crippen molar-refractivity contribution in [3.8, 4) is 28.7 Å². The fraction of sp³-hybridized carbons (Fsp3) is 0.160. The number of aromatic nitrogens is 4. The molecule has 3 heterocycles. The number of halogens is 1. The van der Waals surface area contributed by atoms with Crippen LogP contribution in [0, 0.1) is 5.82 Å². The number of hydrogen-bond donors (Lipinski definition) is 1. The molecule has 2 aromatic heterocycles. The van der Waals surface area contributed by atoms with Gasteiger partial charge in [0.05, 0.1) is 30.3 Å². The minimum absolute atomic E-state index is 0.235. The Morgan fingerprint density at radius 2 is 1.76 bits per heavy atom. The lowest BCUT2D eigenvalue weighted by molar-refractivity contribution is -0.165. The highest BCUT2D eigenvalue weighted by Crippen LogP contribution is 2.33. The Labute approximate surface area is 189 Å². The summed E-state index contributed by atoms with van der Waals surface area (Å²) in [7, 11) is 0. The molecule has 33 heavy (non-hydrogen) atoms. The van der Waals surface area contributed by atoms with Gasteiger partial charge in [0.2, 0.25) is 6.29 Å². The van der Waals surface area contributed by atoms with Crippen LogP contribution >= 0.6 is 0 Å². The van der Waals surface area contributed by atoms with Crippen molar-refractivity contribution < 1.29 is 18.6 Å². The molecule has 0 aliphatic carbocycles.